The van der Waals surface area contributed by atoms with E-state index in [2.05, 4.69) is 21.0 Å². The zero-order valence-corrected chi connectivity index (χ0v) is 10.9. The zero-order chi connectivity index (χ0) is 14.4. The summed E-state index contributed by atoms with van der Waals surface area (Å²) in [5.74, 6) is -1.19. The van der Waals surface area contributed by atoms with E-state index in [0.717, 1.165) is 12.3 Å². The van der Waals surface area contributed by atoms with Crippen LogP contribution in [0.1, 0.15) is 12.0 Å². The number of phenols is 1. The highest BCUT2D eigenvalue weighted by Gasteiger charge is 2.17. The minimum Gasteiger partial charge on any atom is -0.502 e. The van der Waals surface area contributed by atoms with E-state index in [4.69, 9.17) is 5.26 Å². The van der Waals surface area contributed by atoms with Gasteiger partial charge in [0, 0.05) is 16.1 Å². The molecule has 0 aliphatic heterocycles. The Hall–Kier alpha value is -2.47. The van der Waals surface area contributed by atoms with Gasteiger partial charge in [0.05, 0.1) is 17.2 Å². The van der Waals surface area contributed by atoms with Gasteiger partial charge in [-0.25, -0.2) is 5.43 Å². The second-order valence-corrected chi connectivity index (χ2v) is 4.16. The van der Waals surface area contributed by atoms with Crippen molar-refractivity contribution >= 4 is 33.7 Å². The van der Waals surface area contributed by atoms with Gasteiger partial charge in [0.2, 0.25) is 5.75 Å². The number of nitrogens with one attached hydrogen (secondary N) is 1. The van der Waals surface area contributed by atoms with Crippen LogP contribution >= 0.6 is 15.9 Å². The van der Waals surface area contributed by atoms with Crippen molar-refractivity contribution in [1.82, 2.24) is 5.43 Å². The molecule has 0 atom stereocenters. The van der Waals surface area contributed by atoms with Gasteiger partial charge in [-0.2, -0.15) is 10.4 Å². The summed E-state index contributed by atoms with van der Waals surface area (Å²) in [5, 5.41) is 32.0. The molecule has 0 radical (unpaired) electrons. The standard InChI is InChI=1S/C10H7BrN4O4/c11-7-3-6(5-13-14-9(16)1-2-12)10(17)8(4-7)15(18)19/h3-5,17H,1H2,(H,14,16)/b13-5+. The Morgan fingerprint density at radius 1 is 1.68 bits per heavy atom. The molecule has 0 bridgehead atoms. The van der Waals surface area contributed by atoms with Gasteiger partial charge in [-0.15, -0.1) is 0 Å². The van der Waals surface area contributed by atoms with Crippen LogP contribution in [-0.4, -0.2) is 22.2 Å². The van der Waals surface area contributed by atoms with E-state index in [0.29, 0.717) is 4.47 Å². The topological polar surface area (TPSA) is 129 Å². The fraction of sp³-hybridized carbons (Fsp3) is 0.100. The number of hydrazone groups is 1. The Balaban J connectivity index is 2.96. The van der Waals surface area contributed by atoms with Crippen LogP contribution in [0.3, 0.4) is 0 Å². The maximum atomic E-state index is 10.9. The Kier molecular flexibility index (Phi) is 4.96. The van der Waals surface area contributed by atoms with Gasteiger partial charge in [0.15, 0.2) is 0 Å². The van der Waals surface area contributed by atoms with Crippen molar-refractivity contribution in [2.75, 3.05) is 0 Å². The van der Waals surface area contributed by atoms with Crippen LogP contribution in [0.15, 0.2) is 21.7 Å². The monoisotopic (exact) mass is 326 g/mol. The lowest BCUT2D eigenvalue weighted by molar-refractivity contribution is -0.385. The van der Waals surface area contributed by atoms with Crippen LogP contribution in [-0.2, 0) is 4.79 Å². The predicted molar refractivity (Wildman–Crippen MR) is 68.4 cm³/mol. The smallest absolute Gasteiger partial charge is 0.312 e. The molecule has 2 N–H and O–H groups in total. The molecule has 19 heavy (non-hydrogen) atoms. The summed E-state index contributed by atoms with van der Waals surface area (Å²) in [6, 6.07) is 4.16. The zero-order valence-electron chi connectivity index (χ0n) is 9.33. The minimum absolute atomic E-state index is 0.0540. The first-order valence-corrected chi connectivity index (χ1v) is 5.60. The number of carbonyl (C=O) groups excluding carboxylic acids is 1. The maximum absolute atomic E-state index is 10.9. The van der Waals surface area contributed by atoms with E-state index < -0.39 is 22.3 Å². The van der Waals surface area contributed by atoms with Gasteiger partial charge >= 0.3 is 5.69 Å². The molecule has 0 aliphatic rings. The van der Waals surface area contributed by atoms with Gasteiger partial charge in [0.25, 0.3) is 5.91 Å². The number of hydrogen-bond donors (Lipinski definition) is 2. The summed E-state index contributed by atoms with van der Waals surface area (Å²) in [6.07, 6.45) is 0.685. The van der Waals surface area contributed by atoms with Crippen LogP contribution < -0.4 is 5.43 Å². The number of rotatable bonds is 4. The molecule has 1 aromatic rings. The third-order valence-corrected chi connectivity index (χ3v) is 2.37. The lowest BCUT2D eigenvalue weighted by atomic mass is 10.2. The summed E-state index contributed by atoms with van der Waals surface area (Å²) in [6.45, 7) is 0. The van der Waals surface area contributed by atoms with E-state index in [-0.39, 0.29) is 12.0 Å². The quantitative estimate of drug-likeness (QED) is 0.491. The number of nitriles is 1. The van der Waals surface area contributed by atoms with Gasteiger partial charge in [0.1, 0.15) is 6.42 Å². The Morgan fingerprint density at radius 3 is 2.95 bits per heavy atom. The Morgan fingerprint density at radius 2 is 2.37 bits per heavy atom. The van der Waals surface area contributed by atoms with Crippen molar-refractivity contribution in [3.8, 4) is 11.8 Å². The second kappa shape index (κ2) is 6.46. The first-order valence-electron chi connectivity index (χ1n) is 4.81. The normalized spacial score (nSPS) is 10.1. The third kappa shape index (κ3) is 4.04. The molecule has 0 saturated heterocycles. The fourth-order valence-corrected chi connectivity index (χ4v) is 1.59. The molecule has 0 unspecified atom stereocenters. The summed E-state index contributed by atoms with van der Waals surface area (Å²) in [5.41, 5.74) is 1.61. The van der Waals surface area contributed by atoms with Gasteiger partial charge in [-0.1, -0.05) is 15.9 Å². The molecule has 0 saturated carbocycles. The van der Waals surface area contributed by atoms with E-state index in [1.807, 2.05) is 5.43 Å². The summed E-state index contributed by atoms with van der Waals surface area (Å²) in [7, 11) is 0. The van der Waals surface area contributed by atoms with Crippen molar-refractivity contribution in [1.29, 1.82) is 5.26 Å². The molecule has 1 rings (SSSR count). The molecule has 0 aliphatic carbocycles. The molecule has 1 amide bonds. The van der Waals surface area contributed by atoms with Crippen LogP contribution in [0.2, 0.25) is 0 Å². The first kappa shape index (κ1) is 14.6. The summed E-state index contributed by atoms with van der Waals surface area (Å²) in [4.78, 5) is 20.9. The number of carbonyl (C=O) groups is 1. The number of halogens is 1. The average molecular weight is 327 g/mol. The number of nitro groups is 1. The van der Waals surface area contributed by atoms with Crippen LogP contribution in [0, 0.1) is 21.4 Å². The molecule has 1 aromatic carbocycles. The predicted octanol–water partition coefficient (Wildman–Crippen LogP) is 1.43. The van der Waals surface area contributed by atoms with E-state index in [1.165, 1.54) is 6.07 Å². The number of nitro benzene ring substituents is 1. The van der Waals surface area contributed by atoms with E-state index >= 15 is 0 Å². The number of hydrogen-bond acceptors (Lipinski definition) is 6. The Labute approximate surface area is 115 Å². The van der Waals surface area contributed by atoms with Crippen molar-refractivity contribution in [2.45, 2.75) is 6.42 Å². The molecule has 0 heterocycles. The van der Waals surface area contributed by atoms with Gasteiger partial charge in [-0.05, 0) is 6.07 Å². The minimum atomic E-state index is -0.744. The number of phenolic OH excluding ortho intramolecular Hbond substituents is 1. The van der Waals surface area contributed by atoms with Gasteiger partial charge < -0.3 is 5.11 Å². The molecule has 0 aromatic heterocycles. The number of aromatic hydroxyl groups is 1. The van der Waals surface area contributed by atoms with E-state index in [1.54, 1.807) is 6.07 Å². The summed E-state index contributed by atoms with van der Waals surface area (Å²) < 4.78 is 0.377. The van der Waals surface area contributed by atoms with Crippen LogP contribution in [0.25, 0.3) is 0 Å². The first-order chi connectivity index (χ1) is 8.95. The van der Waals surface area contributed by atoms with Gasteiger partial charge in [-0.3, -0.25) is 14.9 Å². The molecule has 9 heteroatoms. The molecule has 0 spiro atoms. The molecular weight excluding hydrogens is 320 g/mol. The highest BCUT2D eigenvalue weighted by molar-refractivity contribution is 9.10. The number of benzene rings is 1. The maximum Gasteiger partial charge on any atom is 0.312 e. The van der Waals surface area contributed by atoms with Crippen molar-refractivity contribution in [3.05, 3.63) is 32.3 Å². The lowest BCUT2D eigenvalue weighted by Crippen LogP contribution is -2.16. The third-order valence-electron chi connectivity index (χ3n) is 1.91. The van der Waals surface area contributed by atoms with Crippen LogP contribution in [0.4, 0.5) is 5.69 Å². The van der Waals surface area contributed by atoms with Crippen molar-refractivity contribution in [3.63, 3.8) is 0 Å². The second-order valence-electron chi connectivity index (χ2n) is 3.25. The summed E-state index contributed by atoms with van der Waals surface area (Å²) >= 11 is 3.05. The largest absolute Gasteiger partial charge is 0.502 e. The average Bonchev–Trinajstić information content (AvgIpc) is 2.33. The highest BCUT2D eigenvalue weighted by atomic mass is 79.9. The van der Waals surface area contributed by atoms with Crippen molar-refractivity contribution < 1.29 is 14.8 Å². The number of nitrogens with zero attached hydrogens (tertiary/aromatic N) is 3. The molecule has 0 fully saturated rings. The van der Waals surface area contributed by atoms with E-state index in [9.17, 15) is 20.0 Å². The molecule has 8 nitrogen and oxygen atoms in total. The highest BCUT2D eigenvalue weighted by Crippen LogP contribution is 2.32. The number of amides is 1. The molecular formula is C10H7BrN4O4. The van der Waals surface area contributed by atoms with Crippen molar-refractivity contribution in [2.24, 2.45) is 5.10 Å². The Bertz CT molecular complexity index is 594. The van der Waals surface area contributed by atoms with Crippen LogP contribution in [0.5, 0.6) is 5.75 Å². The fourth-order valence-electron chi connectivity index (χ4n) is 1.13. The lowest BCUT2D eigenvalue weighted by Gasteiger charge is -2.01. The SMILES string of the molecule is N#CCC(=O)N/N=C/c1cc(Br)cc([N+](=O)[O-])c1O. The molecule has 98 valence electrons.